The third-order valence-electron chi connectivity index (χ3n) is 3.02. The van der Waals surface area contributed by atoms with Crippen molar-refractivity contribution in [3.05, 3.63) is 0 Å². The molecule has 0 atom stereocenters. The summed E-state index contributed by atoms with van der Waals surface area (Å²) in [6.45, 7) is 0.611. The Hall–Kier alpha value is -0.740. The highest BCUT2D eigenvalue weighted by atomic mass is 19.4. The number of hydrogen-bond acceptors (Lipinski definition) is 1. The van der Waals surface area contributed by atoms with Gasteiger partial charge in [-0.05, 0) is 19.8 Å². The van der Waals surface area contributed by atoms with Gasteiger partial charge in [0.2, 0.25) is 5.91 Å². The fraction of sp³-hybridized carbons (Fsp3) is 0.909. The molecule has 0 aromatic carbocycles. The molecule has 0 aromatic rings. The van der Waals surface area contributed by atoms with Crippen molar-refractivity contribution in [2.24, 2.45) is 5.92 Å². The van der Waals surface area contributed by atoms with Gasteiger partial charge < -0.3 is 4.90 Å². The number of nitrogens with zero attached hydrogens (tertiary/aromatic N) is 1. The van der Waals surface area contributed by atoms with Crippen LogP contribution in [-0.2, 0) is 4.79 Å². The molecule has 1 saturated carbocycles. The van der Waals surface area contributed by atoms with E-state index in [1.165, 1.54) is 0 Å². The van der Waals surface area contributed by atoms with E-state index in [1.54, 1.807) is 6.92 Å². The maximum Gasteiger partial charge on any atom is 0.406 e. The molecule has 0 aromatic heterocycles. The van der Waals surface area contributed by atoms with Gasteiger partial charge in [0, 0.05) is 12.5 Å². The van der Waals surface area contributed by atoms with Crippen LogP contribution in [0.15, 0.2) is 0 Å². The zero-order chi connectivity index (χ0) is 12.2. The molecule has 94 valence electrons. The second-order valence-electron chi connectivity index (χ2n) is 4.30. The lowest BCUT2D eigenvalue weighted by atomic mass is 9.88. The van der Waals surface area contributed by atoms with Gasteiger partial charge in [0.25, 0.3) is 0 Å². The molecule has 0 bridgehead atoms. The molecule has 1 amide bonds. The summed E-state index contributed by atoms with van der Waals surface area (Å²) in [5, 5.41) is 0. The Morgan fingerprint density at radius 2 is 1.81 bits per heavy atom. The van der Waals surface area contributed by atoms with Gasteiger partial charge in [-0.15, -0.1) is 0 Å². The summed E-state index contributed by atoms with van der Waals surface area (Å²) < 4.78 is 36.7. The van der Waals surface area contributed by atoms with Crippen LogP contribution in [0.25, 0.3) is 0 Å². The van der Waals surface area contributed by atoms with Crippen molar-refractivity contribution in [2.45, 2.75) is 45.2 Å². The van der Waals surface area contributed by atoms with Crippen LogP contribution < -0.4 is 0 Å². The van der Waals surface area contributed by atoms with Gasteiger partial charge in [0.1, 0.15) is 6.54 Å². The molecule has 0 heterocycles. The topological polar surface area (TPSA) is 20.3 Å². The van der Waals surface area contributed by atoms with Gasteiger partial charge in [-0.25, -0.2) is 0 Å². The molecule has 0 spiro atoms. The van der Waals surface area contributed by atoms with E-state index >= 15 is 0 Å². The van der Waals surface area contributed by atoms with E-state index in [1.807, 2.05) is 0 Å². The predicted molar refractivity (Wildman–Crippen MR) is 54.9 cm³/mol. The Kier molecular flexibility index (Phi) is 4.62. The minimum atomic E-state index is -4.29. The Labute approximate surface area is 93.8 Å². The zero-order valence-electron chi connectivity index (χ0n) is 9.52. The molecule has 1 fully saturated rings. The molecule has 0 saturated heterocycles. The van der Waals surface area contributed by atoms with Crippen molar-refractivity contribution in [2.75, 3.05) is 13.1 Å². The van der Waals surface area contributed by atoms with Gasteiger partial charge in [-0.1, -0.05) is 19.3 Å². The minimum absolute atomic E-state index is 0.134. The van der Waals surface area contributed by atoms with Crippen molar-refractivity contribution in [1.82, 2.24) is 4.90 Å². The van der Waals surface area contributed by atoms with E-state index in [-0.39, 0.29) is 18.4 Å². The van der Waals surface area contributed by atoms with Gasteiger partial charge >= 0.3 is 6.18 Å². The Morgan fingerprint density at radius 1 is 1.25 bits per heavy atom. The van der Waals surface area contributed by atoms with Crippen LogP contribution in [0.2, 0.25) is 0 Å². The Bertz CT molecular complexity index is 234. The van der Waals surface area contributed by atoms with Crippen LogP contribution in [0.1, 0.15) is 39.0 Å². The highest BCUT2D eigenvalue weighted by Gasteiger charge is 2.34. The summed E-state index contributed by atoms with van der Waals surface area (Å²) in [6, 6.07) is 0. The summed E-state index contributed by atoms with van der Waals surface area (Å²) in [6.07, 6.45) is 0.204. The van der Waals surface area contributed by atoms with E-state index in [0.29, 0.717) is 0 Å². The summed E-state index contributed by atoms with van der Waals surface area (Å²) in [5.74, 6) is -0.504. The largest absolute Gasteiger partial charge is 0.406 e. The molecule has 2 nitrogen and oxygen atoms in total. The van der Waals surface area contributed by atoms with Crippen LogP contribution in [0.3, 0.4) is 0 Å². The van der Waals surface area contributed by atoms with E-state index in [9.17, 15) is 18.0 Å². The first kappa shape index (κ1) is 13.3. The molecule has 1 aliphatic carbocycles. The number of carbonyl (C=O) groups is 1. The molecular weight excluding hydrogens is 219 g/mol. The number of rotatable bonds is 3. The first-order valence-corrected chi connectivity index (χ1v) is 5.79. The maximum absolute atomic E-state index is 12.2. The average molecular weight is 237 g/mol. The normalized spacial score (nSPS) is 18.5. The van der Waals surface area contributed by atoms with Crippen LogP contribution in [0.4, 0.5) is 13.2 Å². The maximum atomic E-state index is 12.2. The van der Waals surface area contributed by atoms with Gasteiger partial charge in [-0.2, -0.15) is 13.2 Å². The van der Waals surface area contributed by atoms with Crippen molar-refractivity contribution in [3.8, 4) is 0 Å². The molecule has 5 heteroatoms. The monoisotopic (exact) mass is 237 g/mol. The number of alkyl halides is 3. The van der Waals surface area contributed by atoms with Crippen LogP contribution >= 0.6 is 0 Å². The molecule has 0 N–H and O–H groups in total. The van der Waals surface area contributed by atoms with E-state index < -0.39 is 12.7 Å². The summed E-state index contributed by atoms with van der Waals surface area (Å²) in [7, 11) is 0. The zero-order valence-corrected chi connectivity index (χ0v) is 9.52. The molecular formula is C11H18F3NO. The van der Waals surface area contributed by atoms with Crippen molar-refractivity contribution < 1.29 is 18.0 Å². The average Bonchev–Trinajstić information content (AvgIpc) is 2.25. The van der Waals surface area contributed by atoms with Crippen molar-refractivity contribution >= 4 is 5.91 Å². The predicted octanol–water partition coefficient (Wildman–Crippen LogP) is 2.98. The van der Waals surface area contributed by atoms with E-state index in [4.69, 9.17) is 0 Å². The fourth-order valence-electron chi connectivity index (χ4n) is 2.17. The third kappa shape index (κ3) is 4.02. The third-order valence-corrected chi connectivity index (χ3v) is 3.02. The van der Waals surface area contributed by atoms with Crippen LogP contribution in [0.5, 0.6) is 0 Å². The highest BCUT2D eigenvalue weighted by molar-refractivity contribution is 5.78. The second kappa shape index (κ2) is 5.55. The van der Waals surface area contributed by atoms with Gasteiger partial charge in [-0.3, -0.25) is 4.79 Å². The number of amides is 1. The summed E-state index contributed by atoms with van der Waals surface area (Å²) in [5.41, 5.74) is 0. The second-order valence-corrected chi connectivity index (χ2v) is 4.30. The van der Waals surface area contributed by atoms with Gasteiger partial charge in [0.15, 0.2) is 0 Å². The number of halogens is 3. The minimum Gasteiger partial charge on any atom is -0.334 e. The van der Waals surface area contributed by atoms with E-state index in [0.717, 1.165) is 37.0 Å². The first-order valence-electron chi connectivity index (χ1n) is 5.79. The van der Waals surface area contributed by atoms with Crippen molar-refractivity contribution in [3.63, 3.8) is 0 Å². The lowest BCUT2D eigenvalue weighted by Crippen LogP contribution is -2.42. The lowest BCUT2D eigenvalue weighted by Gasteiger charge is -2.29. The van der Waals surface area contributed by atoms with Crippen molar-refractivity contribution in [1.29, 1.82) is 0 Å². The lowest BCUT2D eigenvalue weighted by molar-refractivity contribution is -0.164. The molecule has 0 radical (unpaired) electrons. The summed E-state index contributed by atoms with van der Waals surface area (Å²) >= 11 is 0. The fourth-order valence-corrected chi connectivity index (χ4v) is 2.17. The van der Waals surface area contributed by atoms with E-state index in [2.05, 4.69) is 0 Å². The molecule has 1 rings (SSSR count). The standard InChI is InChI=1S/C11H18F3NO/c1-2-15(8-11(12,13)14)10(16)9-6-4-3-5-7-9/h9H,2-8H2,1H3. The molecule has 1 aliphatic rings. The first-order chi connectivity index (χ1) is 7.44. The smallest absolute Gasteiger partial charge is 0.334 e. The van der Waals surface area contributed by atoms with Gasteiger partial charge in [0.05, 0.1) is 0 Å². The number of hydrogen-bond donors (Lipinski definition) is 0. The Morgan fingerprint density at radius 3 is 2.25 bits per heavy atom. The molecule has 16 heavy (non-hydrogen) atoms. The highest BCUT2D eigenvalue weighted by Crippen LogP contribution is 2.26. The van der Waals surface area contributed by atoms with Crippen LogP contribution in [0, 0.1) is 5.92 Å². The SMILES string of the molecule is CCN(CC(F)(F)F)C(=O)C1CCCCC1. The number of carbonyl (C=O) groups excluding carboxylic acids is 1. The Balaban J connectivity index is 2.54. The molecule has 0 aliphatic heterocycles. The quantitative estimate of drug-likeness (QED) is 0.739. The van der Waals surface area contributed by atoms with Crippen LogP contribution in [-0.4, -0.2) is 30.1 Å². The summed E-state index contributed by atoms with van der Waals surface area (Å²) in [4.78, 5) is 12.8. The molecule has 0 unspecified atom stereocenters.